The molecule has 12 heteroatoms. The Morgan fingerprint density at radius 2 is 1.83 bits per heavy atom. The number of pyridine rings is 1. The van der Waals surface area contributed by atoms with Crippen molar-refractivity contribution in [1.82, 2.24) is 9.97 Å². The highest BCUT2D eigenvalue weighted by Crippen LogP contribution is 2.36. The van der Waals surface area contributed by atoms with Gasteiger partial charge in [-0.2, -0.15) is 13.2 Å². The first kappa shape index (κ1) is 24.6. The molecule has 0 aliphatic rings. The van der Waals surface area contributed by atoms with Gasteiger partial charge in [0.15, 0.2) is 17.0 Å². The van der Waals surface area contributed by atoms with E-state index in [1.165, 1.54) is 61.8 Å². The number of para-hydroxylation sites is 1. The summed E-state index contributed by atoms with van der Waals surface area (Å²) in [5.74, 6) is -0.227. The lowest BCUT2D eigenvalue weighted by molar-refractivity contribution is -0.136. The summed E-state index contributed by atoms with van der Waals surface area (Å²) in [6.07, 6.45) is -2.93. The highest BCUT2D eigenvalue weighted by molar-refractivity contribution is 7.93. The topological polar surface area (TPSA) is 98.2 Å². The molecule has 0 radical (unpaired) electrons. The van der Waals surface area contributed by atoms with Crippen molar-refractivity contribution in [2.45, 2.75) is 30.5 Å². The highest BCUT2D eigenvalue weighted by atomic mass is 32.2. The average molecular weight is 522 g/mol. The van der Waals surface area contributed by atoms with Crippen molar-refractivity contribution in [2.24, 2.45) is 0 Å². The summed E-state index contributed by atoms with van der Waals surface area (Å²) in [5.41, 5.74) is -0.600. The number of sulfonamides is 1. The number of carbonyl (C=O) groups is 1. The molecule has 2 aromatic carbocycles. The van der Waals surface area contributed by atoms with Gasteiger partial charge in [0.2, 0.25) is 0 Å². The van der Waals surface area contributed by atoms with Crippen molar-refractivity contribution in [2.75, 3.05) is 4.72 Å². The van der Waals surface area contributed by atoms with E-state index < -0.39 is 27.9 Å². The summed E-state index contributed by atoms with van der Waals surface area (Å²) in [6.45, 7) is 1.50. The van der Waals surface area contributed by atoms with Gasteiger partial charge in [-0.1, -0.05) is 18.2 Å². The molecule has 0 bridgehead atoms. The van der Waals surface area contributed by atoms with Crippen LogP contribution in [0, 0.1) is 0 Å². The summed E-state index contributed by atoms with van der Waals surface area (Å²) < 4.78 is 72.8. The number of hydrogen-bond donors (Lipinski definition) is 1. The number of ketones is 1. The zero-order valence-corrected chi connectivity index (χ0v) is 19.7. The molecule has 2 heterocycles. The fourth-order valence-corrected chi connectivity index (χ4v) is 5.11. The maximum atomic E-state index is 13.3. The summed E-state index contributed by atoms with van der Waals surface area (Å²) in [4.78, 5) is 20.4. The van der Waals surface area contributed by atoms with Crippen LogP contribution < -0.4 is 9.46 Å². The molecule has 7 nitrogen and oxygen atoms in total. The number of aromatic nitrogens is 2. The smallest absolute Gasteiger partial charge is 0.418 e. The van der Waals surface area contributed by atoms with Gasteiger partial charge in [-0.05, 0) is 42.8 Å². The summed E-state index contributed by atoms with van der Waals surface area (Å²) in [7, 11) is -3.82. The molecule has 0 amide bonds. The average Bonchev–Trinajstić information content (AvgIpc) is 3.31. The minimum Gasteiger partial charge on any atom is -0.482 e. The van der Waals surface area contributed by atoms with Gasteiger partial charge in [0.25, 0.3) is 10.0 Å². The molecule has 35 heavy (non-hydrogen) atoms. The predicted molar refractivity (Wildman–Crippen MR) is 125 cm³/mol. The Bertz CT molecular complexity index is 1460. The lowest BCUT2D eigenvalue weighted by atomic mass is 10.1. The number of fused-ring (bicyclic) bond motifs is 1. The van der Waals surface area contributed by atoms with Crippen LogP contribution in [0.15, 0.2) is 71.2 Å². The van der Waals surface area contributed by atoms with E-state index in [0.29, 0.717) is 5.56 Å². The van der Waals surface area contributed by atoms with Gasteiger partial charge in [-0.25, -0.2) is 13.4 Å². The van der Waals surface area contributed by atoms with Crippen LogP contribution in [0.3, 0.4) is 0 Å². The summed E-state index contributed by atoms with van der Waals surface area (Å²) >= 11 is 1.14. The Hall–Kier alpha value is -3.51. The molecule has 0 saturated heterocycles. The molecular formula is C23H18F3N3O4S2. The highest BCUT2D eigenvalue weighted by Gasteiger charge is 2.33. The number of rotatable bonds is 8. The van der Waals surface area contributed by atoms with E-state index in [9.17, 15) is 26.4 Å². The van der Waals surface area contributed by atoms with Gasteiger partial charge in [-0.3, -0.25) is 14.5 Å². The van der Waals surface area contributed by atoms with Crippen LogP contribution in [-0.4, -0.2) is 30.3 Å². The number of ether oxygens (including phenoxy) is 1. The van der Waals surface area contributed by atoms with Crippen molar-refractivity contribution in [3.8, 4) is 5.75 Å². The maximum Gasteiger partial charge on any atom is 0.418 e. The molecule has 2 aromatic heterocycles. The summed E-state index contributed by atoms with van der Waals surface area (Å²) in [5, 5.41) is 2.02. The van der Waals surface area contributed by atoms with E-state index in [1.807, 2.05) is 0 Å². The molecule has 1 unspecified atom stereocenters. The minimum atomic E-state index is -4.58. The molecule has 1 atom stereocenters. The van der Waals surface area contributed by atoms with Crippen molar-refractivity contribution >= 4 is 43.2 Å². The monoisotopic (exact) mass is 521 g/mol. The van der Waals surface area contributed by atoms with Gasteiger partial charge in [0.1, 0.15) is 5.75 Å². The molecule has 0 fully saturated rings. The van der Waals surface area contributed by atoms with Gasteiger partial charge in [-0.15, -0.1) is 11.3 Å². The predicted octanol–water partition coefficient (Wildman–Crippen LogP) is 5.09. The zero-order valence-electron chi connectivity index (χ0n) is 18.1. The number of nitrogens with one attached hydrogen (secondary N) is 1. The number of Topliss-reactive ketones (excluding diaryl/α,β-unsaturated/α-hetero) is 1. The Balaban J connectivity index is 1.46. The van der Waals surface area contributed by atoms with Crippen molar-refractivity contribution in [3.05, 3.63) is 77.4 Å². The number of hydrogen-bond acceptors (Lipinski definition) is 7. The molecule has 0 saturated carbocycles. The van der Waals surface area contributed by atoms with Crippen LogP contribution in [0.1, 0.15) is 18.1 Å². The van der Waals surface area contributed by atoms with E-state index >= 15 is 0 Å². The van der Waals surface area contributed by atoms with E-state index in [4.69, 9.17) is 4.74 Å². The second kappa shape index (κ2) is 9.62. The third-order valence-electron chi connectivity index (χ3n) is 5.06. The first-order valence-corrected chi connectivity index (χ1v) is 12.6. The van der Waals surface area contributed by atoms with Gasteiger partial charge >= 0.3 is 6.18 Å². The van der Waals surface area contributed by atoms with Crippen LogP contribution in [0.25, 0.3) is 10.9 Å². The maximum absolute atomic E-state index is 13.3. The molecule has 0 spiro atoms. The van der Waals surface area contributed by atoms with E-state index in [1.54, 1.807) is 5.38 Å². The first-order chi connectivity index (χ1) is 16.5. The van der Waals surface area contributed by atoms with Crippen LogP contribution in [0.5, 0.6) is 5.75 Å². The number of alkyl halides is 3. The Kier molecular flexibility index (Phi) is 6.77. The molecule has 4 aromatic rings. The number of thiazole rings is 1. The Labute approximate surface area is 202 Å². The third-order valence-corrected chi connectivity index (χ3v) is 7.23. The largest absolute Gasteiger partial charge is 0.482 e. The van der Waals surface area contributed by atoms with E-state index in [0.717, 1.165) is 17.4 Å². The van der Waals surface area contributed by atoms with Gasteiger partial charge < -0.3 is 4.74 Å². The molecule has 182 valence electrons. The number of nitrogens with zero attached hydrogens (tertiary/aromatic N) is 2. The second-order valence-corrected chi connectivity index (χ2v) is 10.1. The van der Waals surface area contributed by atoms with Gasteiger partial charge in [0.05, 0.1) is 16.0 Å². The third kappa shape index (κ3) is 5.60. The Morgan fingerprint density at radius 3 is 2.49 bits per heavy atom. The number of anilines is 1. The zero-order chi connectivity index (χ0) is 25.2. The Morgan fingerprint density at radius 1 is 1.09 bits per heavy atom. The molecule has 0 aliphatic carbocycles. The van der Waals surface area contributed by atoms with Gasteiger partial charge in [0, 0.05) is 29.6 Å². The number of halogens is 3. The quantitative estimate of drug-likeness (QED) is 0.347. The summed E-state index contributed by atoms with van der Waals surface area (Å²) in [6, 6.07) is 10.8. The van der Waals surface area contributed by atoms with Crippen LogP contribution in [0.2, 0.25) is 0 Å². The lowest BCUT2D eigenvalue weighted by Gasteiger charge is -2.17. The first-order valence-electron chi connectivity index (χ1n) is 10.2. The number of benzene rings is 2. The number of carbonyl (C=O) groups excluding carboxylic acids is 1. The van der Waals surface area contributed by atoms with Crippen LogP contribution in [-0.2, 0) is 27.4 Å². The molecule has 4 rings (SSSR count). The normalized spacial score (nSPS) is 12.9. The second-order valence-electron chi connectivity index (χ2n) is 7.50. The van der Waals surface area contributed by atoms with Crippen molar-refractivity contribution < 1.29 is 31.1 Å². The van der Waals surface area contributed by atoms with Crippen molar-refractivity contribution in [1.29, 1.82) is 0 Å². The van der Waals surface area contributed by atoms with E-state index in [-0.39, 0.29) is 38.9 Å². The standard InChI is InChI=1S/C23H18F3N3O4S2/c1-14(33-20-9-10-27-21-17(20)3-2-4-18(21)23(24,25)26)19(30)13-15-5-7-16(8-6-15)35(31,32)29-22-28-11-12-34-22/h2-12,14H,13H2,1H3,(H,28,29). The van der Waals surface area contributed by atoms with Crippen LogP contribution in [0.4, 0.5) is 18.3 Å². The fourth-order valence-electron chi connectivity index (χ4n) is 3.32. The van der Waals surface area contributed by atoms with Crippen molar-refractivity contribution in [3.63, 3.8) is 0 Å². The van der Waals surface area contributed by atoms with Crippen LogP contribution >= 0.6 is 11.3 Å². The lowest BCUT2D eigenvalue weighted by Crippen LogP contribution is -2.25. The SMILES string of the molecule is CC(Oc1ccnc2c(C(F)(F)F)cccc12)C(=O)Cc1ccc(S(=O)(=O)Nc2nccs2)cc1. The molecular weight excluding hydrogens is 503 g/mol. The van der Waals surface area contributed by atoms with E-state index in [2.05, 4.69) is 14.7 Å². The minimum absolute atomic E-state index is 0.0110. The fraction of sp³-hybridized carbons (Fsp3) is 0.174. The molecule has 1 N–H and O–H groups in total. The molecule has 0 aliphatic heterocycles.